The predicted molar refractivity (Wildman–Crippen MR) is 65.4 cm³/mol. The van der Waals surface area contributed by atoms with Gasteiger partial charge in [-0.25, -0.2) is 17.5 Å². The van der Waals surface area contributed by atoms with Crippen LogP contribution in [0.5, 0.6) is 0 Å². The van der Waals surface area contributed by atoms with Crippen LogP contribution in [0.15, 0.2) is 39.3 Å². The van der Waals surface area contributed by atoms with Gasteiger partial charge in [-0.1, -0.05) is 11.3 Å². The summed E-state index contributed by atoms with van der Waals surface area (Å²) in [6.45, 7) is -0.0154. The molecule has 0 aliphatic carbocycles. The molecule has 0 spiro atoms. The number of aromatic amines is 1. The Labute approximate surface area is 106 Å². The molecular formula is C10H9FN2O3S2. The number of nitrogens with one attached hydrogen (secondary N) is 2. The van der Waals surface area contributed by atoms with Crippen LogP contribution in [0.25, 0.3) is 0 Å². The molecule has 0 aliphatic rings. The Hall–Kier alpha value is -1.51. The van der Waals surface area contributed by atoms with E-state index in [1.165, 1.54) is 17.5 Å². The number of hydrogen-bond donors (Lipinski definition) is 2. The van der Waals surface area contributed by atoms with Gasteiger partial charge in [0.25, 0.3) is 0 Å². The molecule has 8 heteroatoms. The zero-order valence-electron chi connectivity index (χ0n) is 9.01. The van der Waals surface area contributed by atoms with Crippen molar-refractivity contribution in [3.8, 4) is 0 Å². The number of hydrogen-bond acceptors (Lipinski definition) is 4. The molecule has 0 unspecified atom stereocenters. The van der Waals surface area contributed by atoms with Gasteiger partial charge in [-0.05, 0) is 24.3 Å². The maximum atomic E-state index is 12.7. The summed E-state index contributed by atoms with van der Waals surface area (Å²) in [5, 5.41) is 1.54. The number of aromatic nitrogens is 1. The van der Waals surface area contributed by atoms with Crippen LogP contribution in [0.1, 0.15) is 5.69 Å². The summed E-state index contributed by atoms with van der Waals surface area (Å²) in [5.41, 5.74) is 0.482. The Morgan fingerprint density at radius 2 is 1.94 bits per heavy atom. The van der Waals surface area contributed by atoms with Crippen molar-refractivity contribution < 1.29 is 12.8 Å². The van der Waals surface area contributed by atoms with Crippen molar-refractivity contribution in [2.24, 2.45) is 0 Å². The van der Waals surface area contributed by atoms with Gasteiger partial charge < -0.3 is 4.98 Å². The van der Waals surface area contributed by atoms with E-state index >= 15 is 0 Å². The molecule has 96 valence electrons. The van der Waals surface area contributed by atoms with Crippen LogP contribution in [0, 0.1) is 5.82 Å². The molecule has 0 radical (unpaired) electrons. The smallest absolute Gasteiger partial charge is 0.304 e. The van der Waals surface area contributed by atoms with E-state index in [1.54, 1.807) is 0 Å². The quantitative estimate of drug-likeness (QED) is 0.882. The molecule has 5 nitrogen and oxygen atoms in total. The number of sulfonamides is 1. The Balaban J connectivity index is 2.12. The van der Waals surface area contributed by atoms with Crippen molar-refractivity contribution in [3.63, 3.8) is 0 Å². The topological polar surface area (TPSA) is 79.0 Å². The van der Waals surface area contributed by atoms with E-state index in [0.29, 0.717) is 5.69 Å². The molecule has 0 atom stereocenters. The fourth-order valence-corrected chi connectivity index (χ4v) is 2.86. The van der Waals surface area contributed by atoms with Crippen molar-refractivity contribution >= 4 is 21.4 Å². The van der Waals surface area contributed by atoms with E-state index in [9.17, 15) is 17.6 Å². The minimum absolute atomic E-state index is 0.0154. The van der Waals surface area contributed by atoms with E-state index in [4.69, 9.17) is 0 Å². The number of halogens is 1. The molecule has 1 heterocycles. The maximum Gasteiger partial charge on any atom is 0.304 e. The first-order valence-corrected chi connectivity index (χ1v) is 7.25. The highest BCUT2D eigenvalue weighted by Crippen LogP contribution is 2.10. The fraction of sp³-hybridized carbons (Fsp3) is 0.100. The summed E-state index contributed by atoms with van der Waals surface area (Å²) in [7, 11) is -3.70. The second-order valence-electron chi connectivity index (χ2n) is 3.45. The lowest BCUT2D eigenvalue weighted by atomic mass is 10.4. The molecule has 1 aromatic heterocycles. The lowest BCUT2D eigenvalue weighted by Gasteiger charge is -2.05. The molecule has 1 aromatic carbocycles. The van der Waals surface area contributed by atoms with Crippen LogP contribution in [0.2, 0.25) is 0 Å². The average Bonchev–Trinajstić information content (AvgIpc) is 2.73. The zero-order chi connectivity index (χ0) is 13.2. The van der Waals surface area contributed by atoms with Crippen LogP contribution in [-0.4, -0.2) is 13.4 Å². The highest BCUT2D eigenvalue weighted by atomic mass is 32.2. The molecule has 18 heavy (non-hydrogen) atoms. The second-order valence-corrected chi connectivity index (χ2v) is 6.06. The van der Waals surface area contributed by atoms with Gasteiger partial charge in [-0.3, -0.25) is 4.79 Å². The van der Waals surface area contributed by atoms with Crippen LogP contribution >= 0.6 is 11.3 Å². The van der Waals surface area contributed by atoms with Gasteiger partial charge in [0, 0.05) is 11.1 Å². The normalized spacial score (nSPS) is 11.6. The second kappa shape index (κ2) is 5.01. The molecule has 0 fully saturated rings. The summed E-state index contributed by atoms with van der Waals surface area (Å²) in [4.78, 5) is 13.1. The molecule has 0 saturated carbocycles. The molecule has 0 aliphatic heterocycles. The zero-order valence-corrected chi connectivity index (χ0v) is 10.6. The monoisotopic (exact) mass is 288 g/mol. The van der Waals surface area contributed by atoms with E-state index in [2.05, 4.69) is 9.71 Å². The van der Waals surface area contributed by atoms with Crippen LogP contribution in [-0.2, 0) is 16.6 Å². The molecule has 2 aromatic rings. The Morgan fingerprint density at radius 3 is 2.50 bits per heavy atom. The first-order valence-electron chi connectivity index (χ1n) is 4.89. The summed E-state index contributed by atoms with van der Waals surface area (Å²) < 4.78 is 38.6. The Bertz CT molecular complexity index is 688. The van der Waals surface area contributed by atoms with Gasteiger partial charge in [-0.2, -0.15) is 0 Å². The lowest BCUT2D eigenvalue weighted by Crippen LogP contribution is -2.23. The number of benzene rings is 1. The highest BCUT2D eigenvalue weighted by Gasteiger charge is 2.13. The summed E-state index contributed by atoms with van der Waals surface area (Å²) in [6.07, 6.45) is 0. The van der Waals surface area contributed by atoms with Crippen molar-refractivity contribution in [2.75, 3.05) is 0 Å². The van der Waals surface area contributed by atoms with E-state index in [0.717, 1.165) is 23.5 Å². The number of thiazole rings is 1. The van der Waals surface area contributed by atoms with Gasteiger partial charge in [0.05, 0.1) is 11.4 Å². The Kier molecular flexibility index (Phi) is 3.60. The van der Waals surface area contributed by atoms with E-state index < -0.39 is 15.8 Å². The van der Waals surface area contributed by atoms with Gasteiger partial charge in [0.1, 0.15) is 5.82 Å². The van der Waals surface area contributed by atoms with Crippen molar-refractivity contribution in [1.29, 1.82) is 0 Å². The van der Waals surface area contributed by atoms with E-state index in [-0.39, 0.29) is 16.3 Å². The maximum absolute atomic E-state index is 12.7. The summed E-state index contributed by atoms with van der Waals surface area (Å²) in [6, 6.07) is 4.49. The molecule has 0 amide bonds. The minimum Gasteiger partial charge on any atom is -0.315 e. The molecular weight excluding hydrogens is 279 g/mol. The average molecular weight is 288 g/mol. The predicted octanol–water partition coefficient (Wildman–Crippen LogP) is 1.05. The van der Waals surface area contributed by atoms with Gasteiger partial charge in [0.15, 0.2) is 0 Å². The SMILES string of the molecule is O=c1[nH]c(CNS(=O)(=O)c2ccc(F)cc2)cs1. The summed E-state index contributed by atoms with van der Waals surface area (Å²) in [5.74, 6) is -0.504. The standard InChI is InChI=1S/C10H9FN2O3S2/c11-7-1-3-9(4-2-7)18(15,16)12-5-8-6-17-10(14)13-8/h1-4,6,12H,5H2,(H,13,14). The molecule has 2 rings (SSSR count). The fourth-order valence-electron chi connectivity index (χ4n) is 1.27. The van der Waals surface area contributed by atoms with Crippen molar-refractivity contribution in [1.82, 2.24) is 9.71 Å². The third-order valence-electron chi connectivity index (χ3n) is 2.15. The third-order valence-corrected chi connectivity index (χ3v) is 4.28. The van der Waals surface area contributed by atoms with Crippen molar-refractivity contribution in [3.05, 3.63) is 50.8 Å². The highest BCUT2D eigenvalue weighted by molar-refractivity contribution is 7.89. The van der Waals surface area contributed by atoms with Gasteiger partial charge in [0.2, 0.25) is 10.0 Å². The van der Waals surface area contributed by atoms with E-state index in [1.807, 2.05) is 0 Å². The van der Waals surface area contributed by atoms with Crippen LogP contribution in [0.3, 0.4) is 0 Å². The number of H-pyrrole nitrogens is 1. The summed E-state index contributed by atoms with van der Waals surface area (Å²) >= 11 is 0.957. The molecule has 0 bridgehead atoms. The van der Waals surface area contributed by atoms with Crippen molar-refractivity contribution in [2.45, 2.75) is 11.4 Å². The van der Waals surface area contributed by atoms with Crippen LogP contribution < -0.4 is 9.60 Å². The molecule has 2 N–H and O–H groups in total. The van der Waals surface area contributed by atoms with Crippen LogP contribution in [0.4, 0.5) is 4.39 Å². The largest absolute Gasteiger partial charge is 0.315 e. The first kappa shape index (κ1) is 12.9. The first-order chi connectivity index (χ1) is 8.47. The lowest BCUT2D eigenvalue weighted by molar-refractivity contribution is 0.579. The van der Waals surface area contributed by atoms with Gasteiger partial charge >= 0.3 is 4.87 Å². The number of rotatable bonds is 4. The Morgan fingerprint density at radius 1 is 1.28 bits per heavy atom. The van der Waals surface area contributed by atoms with Gasteiger partial charge in [-0.15, -0.1) is 0 Å². The minimum atomic E-state index is -3.70. The third kappa shape index (κ3) is 3.03. The molecule has 0 saturated heterocycles.